The van der Waals surface area contributed by atoms with Crippen molar-refractivity contribution in [1.82, 2.24) is 4.90 Å². The van der Waals surface area contributed by atoms with Crippen LogP contribution in [-0.4, -0.2) is 42.7 Å². The molecule has 3 rings (SSSR count). The third kappa shape index (κ3) is 4.62. The molecule has 0 N–H and O–H groups in total. The van der Waals surface area contributed by atoms with Gasteiger partial charge in [0, 0.05) is 13.0 Å². The maximum atomic E-state index is 13.0. The summed E-state index contributed by atoms with van der Waals surface area (Å²) in [4.78, 5) is 15.0. The van der Waals surface area contributed by atoms with Gasteiger partial charge in [-0.05, 0) is 37.2 Å². The zero-order valence-corrected chi connectivity index (χ0v) is 15.7. The summed E-state index contributed by atoms with van der Waals surface area (Å²) in [5.41, 5.74) is 1.15. The SMILES string of the molecule is CC(C)[C@@H]1C[C@H](CC(=O)N2C[C@@H](c3ccccc3)OC[C@@H]2C)CCO1. The lowest BCUT2D eigenvalue weighted by molar-refractivity contribution is -0.146. The van der Waals surface area contributed by atoms with Crippen LogP contribution in [0.2, 0.25) is 0 Å². The number of carbonyl (C=O) groups excluding carboxylic acids is 1. The molecule has 4 atom stereocenters. The van der Waals surface area contributed by atoms with Crippen molar-refractivity contribution in [3.05, 3.63) is 35.9 Å². The summed E-state index contributed by atoms with van der Waals surface area (Å²) >= 11 is 0. The minimum atomic E-state index is -0.0144. The molecule has 2 fully saturated rings. The van der Waals surface area contributed by atoms with Gasteiger partial charge in [-0.25, -0.2) is 0 Å². The number of rotatable bonds is 4. The van der Waals surface area contributed by atoms with Gasteiger partial charge in [0.2, 0.25) is 5.91 Å². The number of benzene rings is 1. The zero-order valence-electron chi connectivity index (χ0n) is 15.7. The molecule has 138 valence electrons. The van der Waals surface area contributed by atoms with Crippen molar-refractivity contribution in [1.29, 1.82) is 0 Å². The van der Waals surface area contributed by atoms with E-state index in [1.54, 1.807) is 0 Å². The van der Waals surface area contributed by atoms with Crippen molar-refractivity contribution < 1.29 is 14.3 Å². The number of hydrogen-bond acceptors (Lipinski definition) is 3. The number of carbonyl (C=O) groups is 1. The predicted molar refractivity (Wildman–Crippen MR) is 98.2 cm³/mol. The van der Waals surface area contributed by atoms with E-state index in [1.165, 1.54) is 0 Å². The minimum absolute atomic E-state index is 0.0144. The second-order valence-electron chi connectivity index (χ2n) is 7.88. The van der Waals surface area contributed by atoms with Crippen LogP contribution < -0.4 is 0 Å². The molecule has 0 bridgehead atoms. The van der Waals surface area contributed by atoms with Gasteiger partial charge in [0.25, 0.3) is 0 Å². The van der Waals surface area contributed by atoms with Gasteiger partial charge in [-0.1, -0.05) is 44.2 Å². The fraction of sp³-hybridized carbons (Fsp3) is 0.667. The summed E-state index contributed by atoms with van der Waals surface area (Å²) in [7, 11) is 0. The standard InChI is InChI=1S/C21H31NO3/c1-15(2)19-11-17(9-10-24-19)12-21(23)22-13-20(25-14-16(22)3)18-7-5-4-6-8-18/h4-8,15-17,19-20H,9-14H2,1-3H3/t16-,17+,19-,20-/m0/s1. The molecule has 2 aliphatic heterocycles. The Hall–Kier alpha value is -1.39. The van der Waals surface area contributed by atoms with Crippen LogP contribution in [0.3, 0.4) is 0 Å². The smallest absolute Gasteiger partial charge is 0.223 e. The van der Waals surface area contributed by atoms with Crippen LogP contribution in [0.1, 0.15) is 51.7 Å². The average molecular weight is 345 g/mol. The molecule has 0 radical (unpaired) electrons. The predicted octanol–water partition coefficient (Wildman–Crippen LogP) is 3.82. The first-order chi connectivity index (χ1) is 12.0. The summed E-state index contributed by atoms with van der Waals surface area (Å²) in [5, 5.41) is 0. The maximum Gasteiger partial charge on any atom is 0.223 e. The van der Waals surface area contributed by atoms with Crippen LogP contribution in [0.25, 0.3) is 0 Å². The van der Waals surface area contributed by atoms with Crippen LogP contribution in [0.4, 0.5) is 0 Å². The van der Waals surface area contributed by atoms with Crippen molar-refractivity contribution in [2.75, 3.05) is 19.8 Å². The zero-order chi connectivity index (χ0) is 17.8. The molecule has 1 aromatic rings. The van der Waals surface area contributed by atoms with Gasteiger partial charge >= 0.3 is 0 Å². The second-order valence-corrected chi connectivity index (χ2v) is 7.88. The van der Waals surface area contributed by atoms with Gasteiger partial charge in [0.1, 0.15) is 6.10 Å². The molecule has 0 saturated carbocycles. The van der Waals surface area contributed by atoms with E-state index in [2.05, 4.69) is 32.9 Å². The van der Waals surface area contributed by atoms with Crippen molar-refractivity contribution in [2.45, 2.75) is 58.3 Å². The number of morpholine rings is 1. The van der Waals surface area contributed by atoms with E-state index in [0.717, 1.165) is 25.0 Å². The number of ether oxygens (including phenoxy) is 2. The van der Waals surface area contributed by atoms with Gasteiger partial charge in [-0.2, -0.15) is 0 Å². The Labute approximate surface area is 151 Å². The molecule has 2 aliphatic rings. The van der Waals surface area contributed by atoms with Crippen molar-refractivity contribution in [3.63, 3.8) is 0 Å². The van der Waals surface area contributed by atoms with Crippen molar-refractivity contribution in [3.8, 4) is 0 Å². The highest BCUT2D eigenvalue weighted by Gasteiger charge is 2.33. The Morgan fingerprint density at radius 2 is 2.00 bits per heavy atom. The molecule has 1 amide bonds. The molecule has 2 saturated heterocycles. The Morgan fingerprint density at radius 3 is 2.72 bits per heavy atom. The molecule has 4 heteroatoms. The fourth-order valence-corrected chi connectivity index (χ4v) is 3.89. The lowest BCUT2D eigenvalue weighted by atomic mass is 9.87. The second kappa shape index (κ2) is 8.33. The van der Waals surface area contributed by atoms with E-state index in [-0.39, 0.29) is 18.1 Å². The summed E-state index contributed by atoms with van der Waals surface area (Å²) in [6.45, 7) is 8.52. The third-order valence-corrected chi connectivity index (χ3v) is 5.56. The molecule has 0 unspecified atom stereocenters. The third-order valence-electron chi connectivity index (χ3n) is 5.56. The van der Waals surface area contributed by atoms with E-state index in [4.69, 9.17) is 9.47 Å². The largest absolute Gasteiger partial charge is 0.378 e. The number of hydrogen-bond donors (Lipinski definition) is 0. The molecule has 0 aromatic heterocycles. The molecule has 25 heavy (non-hydrogen) atoms. The molecule has 4 nitrogen and oxygen atoms in total. The molecule has 1 aromatic carbocycles. The van der Waals surface area contributed by atoms with E-state index >= 15 is 0 Å². The first kappa shape index (κ1) is 18.4. The summed E-state index contributed by atoms with van der Waals surface area (Å²) in [6, 6.07) is 10.4. The van der Waals surface area contributed by atoms with Crippen LogP contribution in [-0.2, 0) is 14.3 Å². The Kier molecular flexibility index (Phi) is 6.13. The van der Waals surface area contributed by atoms with Gasteiger partial charge in [0.15, 0.2) is 0 Å². The lowest BCUT2D eigenvalue weighted by Gasteiger charge is -2.39. The monoisotopic (exact) mass is 345 g/mol. The Bertz CT molecular complexity index is 560. The normalized spacial score (nSPS) is 30.5. The summed E-state index contributed by atoms with van der Waals surface area (Å²) in [6.07, 6.45) is 2.92. The first-order valence-corrected chi connectivity index (χ1v) is 9.62. The molecule has 0 spiro atoms. The van der Waals surface area contributed by atoms with Gasteiger partial charge < -0.3 is 14.4 Å². The van der Waals surface area contributed by atoms with Crippen LogP contribution in [0, 0.1) is 11.8 Å². The highest BCUT2D eigenvalue weighted by atomic mass is 16.5. The van der Waals surface area contributed by atoms with E-state index < -0.39 is 0 Å². The van der Waals surface area contributed by atoms with Crippen LogP contribution in [0.15, 0.2) is 30.3 Å². The van der Waals surface area contributed by atoms with Crippen LogP contribution in [0.5, 0.6) is 0 Å². The van der Waals surface area contributed by atoms with Gasteiger partial charge in [-0.15, -0.1) is 0 Å². The highest BCUT2D eigenvalue weighted by molar-refractivity contribution is 5.77. The minimum Gasteiger partial charge on any atom is -0.378 e. The Balaban J connectivity index is 1.60. The first-order valence-electron chi connectivity index (χ1n) is 9.62. The molecular formula is C21H31NO3. The highest BCUT2D eigenvalue weighted by Crippen LogP contribution is 2.30. The van der Waals surface area contributed by atoms with Gasteiger partial charge in [0.05, 0.1) is 25.3 Å². The van der Waals surface area contributed by atoms with Gasteiger partial charge in [-0.3, -0.25) is 4.79 Å². The Morgan fingerprint density at radius 1 is 1.24 bits per heavy atom. The fourth-order valence-electron chi connectivity index (χ4n) is 3.89. The van der Waals surface area contributed by atoms with E-state index in [0.29, 0.717) is 37.5 Å². The van der Waals surface area contributed by atoms with Crippen molar-refractivity contribution in [2.24, 2.45) is 11.8 Å². The molecule has 2 heterocycles. The molecule has 0 aliphatic carbocycles. The quantitative estimate of drug-likeness (QED) is 0.833. The molecular weight excluding hydrogens is 314 g/mol. The van der Waals surface area contributed by atoms with E-state index in [9.17, 15) is 4.79 Å². The number of nitrogens with zero attached hydrogens (tertiary/aromatic N) is 1. The van der Waals surface area contributed by atoms with Crippen LogP contribution >= 0.6 is 0 Å². The number of amides is 1. The topological polar surface area (TPSA) is 38.8 Å². The average Bonchev–Trinajstić information content (AvgIpc) is 2.63. The summed E-state index contributed by atoms with van der Waals surface area (Å²) in [5.74, 6) is 1.23. The van der Waals surface area contributed by atoms with Crippen molar-refractivity contribution >= 4 is 5.91 Å². The van der Waals surface area contributed by atoms with E-state index in [1.807, 2.05) is 23.1 Å². The maximum absolute atomic E-state index is 13.0. The summed E-state index contributed by atoms with van der Waals surface area (Å²) < 4.78 is 11.8. The lowest BCUT2D eigenvalue weighted by Crippen LogP contribution is -2.49.